The lowest BCUT2D eigenvalue weighted by Crippen LogP contribution is -2.15. The van der Waals surface area contributed by atoms with Crippen molar-refractivity contribution in [3.63, 3.8) is 0 Å². The molecule has 3 nitrogen and oxygen atoms in total. The molecular formula is C15H24ClNO2. The summed E-state index contributed by atoms with van der Waals surface area (Å²) in [6, 6.07) is 5.74. The number of rotatable bonds is 9. The highest BCUT2D eigenvalue weighted by Crippen LogP contribution is 2.26. The van der Waals surface area contributed by atoms with E-state index in [2.05, 4.69) is 26.1 Å². The van der Waals surface area contributed by atoms with Crippen LogP contribution in [-0.2, 0) is 11.3 Å². The molecular weight excluding hydrogens is 262 g/mol. The summed E-state index contributed by atoms with van der Waals surface area (Å²) in [5.74, 6) is 1.39. The molecule has 1 aromatic carbocycles. The molecule has 0 fully saturated rings. The first-order valence-electron chi connectivity index (χ1n) is 6.83. The van der Waals surface area contributed by atoms with Gasteiger partial charge in [0.25, 0.3) is 0 Å². The minimum absolute atomic E-state index is 0.548. The molecule has 0 amide bonds. The van der Waals surface area contributed by atoms with Gasteiger partial charge in [-0.1, -0.05) is 38.4 Å². The first-order valence-corrected chi connectivity index (χ1v) is 7.21. The van der Waals surface area contributed by atoms with Crippen molar-refractivity contribution in [2.24, 2.45) is 5.92 Å². The molecule has 0 aliphatic rings. The lowest BCUT2D eigenvalue weighted by atomic mass is 10.2. The van der Waals surface area contributed by atoms with Crippen LogP contribution in [0.1, 0.15) is 26.3 Å². The maximum Gasteiger partial charge on any atom is 0.125 e. The topological polar surface area (TPSA) is 30.5 Å². The molecule has 0 aliphatic carbocycles. The van der Waals surface area contributed by atoms with Crippen LogP contribution in [0.5, 0.6) is 5.75 Å². The molecule has 0 spiro atoms. The summed E-state index contributed by atoms with van der Waals surface area (Å²) in [6.45, 7) is 9.87. The minimum Gasteiger partial charge on any atom is -0.491 e. The van der Waals surface area contributed by atoms with Crippen molar-refractivity contribution in [2.75, 3.05) is 26.4 Å². The molecule has 0 saturated carbocycles. The van der Waals surface area contributed by atoms with E-state index in [1.54, 1.807) is 0 Å². The Morgan fingerprint density at radius 3 is 2.74 bits per heavy atom. The molecule has 0 aliphatic heterocycles. The van der Waals surface area contributed by atoms with Crippen LogP contribution in [0, 0.1) is 5.92 Å². The van der Waals surface area contributed by atoms with Crippen molar-refractivity contribution < 1.29 is 9.47 Å². The largest absolute Gasteiger partial charge is 0.491 e. The fraction of sp³-hybridized carbons (Fsp3) is 0.600. The Morgan fingerprint density at radius 1 is 1.26 bits per heavy atom. The Morgan fingerprint density at radius 2 is 2.05 bits per heavy atom. The number of benzene rings is 1. The second-order valence-corrected chi connectivity index (χ2v) is 5.22. The summed E-state index contributed by atoms with van der Waals surface area (Å²) < 4.78 is 11.2. The SMILES string of the molecule is CCNCc1c(Cl)cccc1OCCOCC(C)C. The molecule has 0 heterocycles. The molecule has 0 radical (unpaired) electrons. The Kier molecular flexibility index (Phi) is 7.87. The van der Waals surface area contributed by atoms with Gasteiger partial charge in [-0.25, -0.2) is 0 Å². The van der Waals surface area contributed by atoms with Gasteiger partial charge in [-0.15, -0.1) is 0 Å². The second kappa shape index (κ2) is 9.18. The molecule has 108 valence electrons. The molecule has 0 aromatic heterocycles. The van der Waals surface area contributed by atoms with Gasteiger partial charge >= 0.3 is 0 Å². The van der Waals surface area contributed by atoms with Crippen LogP contribution >= 0.6 is 11.6 Å². The number of halogens is 1. The Labute approximate surface area is 121 Å². The zero-order valence-electron chi connectivity index (χ0n) is 12.0. The Hall–Kier alpha value is -0.770. The van der Waals surface area contributed by atoms with Gasteiger partial charge in [-0.3, -0.25) is 0 Å². The highest BCUT2D eigenvalue weighted by molar-refractivity contribution is 6.31. The molecule has 19 heavy (non-hydrogen) atoms. The van der Waals surface area contributed by atoms with Gasteiger partial charge in [0.05, 0.1) is 6.61 Å². The Bertz CT molecular complexity index is 369. The number of ether oxygens (including phenoxy) is 2. The zero-order valence-corrected chi connectivity index (χ0v) is 12.8. The zero-order chi connectivity index (χ0) is 14.1. The van der Waals surface area contributed by atoms with E-state index in [4.69, 9.17) is 21.1 Å². The number of nitrogens with one attached hydrogen (secondary N) is 1. The Balaban J connectivity index is 2.45. The maximum atomic E-state index is 6.20. The van der Waals surface area contributed by atoms with Gasteiger partial charge in [0, 0.05) is 23.7 Å². The van der Waals surface area contributed by atoms with E-state index in [1.807, 2.05) is 18.2 Å². The van der Waals surface area contributed by atoms with Gasteiger partial charge in [-0.05, 0) is 24.6 Å². The summed E-state index contributed by atoms with van der Waals surface area (Å²) in [5.41, 5.74) is 1.01. The van der Waals surface area contributed by atoms with E-state index in [9.17, 15) is 0 Å². The quantitative estimate of drug-likeness (QED) is 0.705. The summed E-state index contributed by atoms with van der Waals surface area (Å²) in [4.78, 5) is 0. The van der Waals surface area contributed by atoms with Crippen LogP contribution in [0.2, 0.25) is 5.02 Å². The van der Waals surface area contributed by atoms with Crippen LogP contribution in [0.4, 0.5) is 0 Å². The van der Waals surface area contributed by atoms with Gasteiger partial charge in [0.15, 0.2) is 0 Å². The van der Waals surface area contributed by atoms with Crippen molar-refractivity contribution in [1.82, 2.24) is 5.32 Å². The fourth-order valence-corrected chi connectivity index (χ4v) is 1.86. The van der Waals surface area contributed by atoms with Gasteiger partial charge in [0.2, 0.25) is 0 Å². The van der Waals surface area contributed by atoms with Crippen molar-refractivity contribution in [3.8, 4) is 5.75 Å². The average molecular weight is 286 g/mol. The van der Waals surface area contributed by atoms with Gasteiger partial charge in [-0.2, -0.15) is 0 Å². The van der Waals surface area contributed by atoms with Crippen LogP contribution in [-0.4, -0.2) is 26.4 Å². The van der Waals surface area contributed by atoms with Crippen LogP contribution in [0.3, 0.4) is 0 Å². The van der Waals surface area contributed by atoms with E-state index in [0.29, 0.717) is 19.1 Å². The van der Waals surface area contributed by atoms with Crippen molar-refractivity contribution in [2.45, 2.75) is 27.3 Å². The molecule has 0 unspecified atom stereocenters. The summed E-state index contributed by atoms with van der Waals surface area (Å²) >= 11 is 6.20. The fourth-order valence-electron chi connectivity index (χ4n) is 1.63. The summed E-state index contributed by atoms with van der Waals surface area (Å²) in [7, 11) is 0. The monoisotopic (exact) mass is 285 g/mol. The summed E-state index contributed by atoms with van der Waals surface area (Å²) in [5, 5.41) is 4.00. The lowest BCUT2D eigenvalue weighted by Gasteiger charge is -2.14. The molecule has 4 heteroatoms. The molecule has 0 saturated heterocycles. The van der Waals surface area contributed by atoms with Gasteiger partial charge < -0.3 is 14.8 Å². The van der Waals surface area contributed by atoms with Crippen molar-refractivity contribution in [3.05, 3.63) is 28.8 Å². The van der Waals surface area contributed by atoms with Crippen molar-refractivity contribution >= 4 is 11.6 Å². The van der Waals surface area contributed by atoms with Crippen LogP contribution in [0.25, 0.3) is 0 Å². The second-order valence-electron chi connectivity index (χ2n) is 4.81. The maximum absolute atomic E-state index is 6.20. The molecule has 0 bridgehead atoms. The third-order valence-electron chi connectivity index (χ3n) is 2.56. The first kappa shape index (κ1) is 16.3. The predicted molar refractivity (Wildman–Crippen MR) is 80.0 cm³/mol. The van der Waals surface area contributed by atoms with Crippen LogP contribution < -0.4 is 10.1 Å². The van der Waals surface area contributed by atoms with E-state index in [1.165, 1.54) is 0 Å². The van der Waals surface area contributed by atoms with E-state index < -0.39 is 0 Å². The third-order valence-corrected chi connectivity index (χ3v) is 2.92. The molecule has 1 aromatic rings. The van der Waals surface area contributed by atoms with E-state index in [0.717, 1.165) is 36.0 Å². The standard InChI is InChI=1S/C15H24ClNO2/c1-4-17-10-13-14(16)6-5-7-15(13)19-9-8-18-11-12(2)3/h5-7,12,17H,4,8-11H2,1-3H3. The predicted octanol–water partition coefficient (Wildman–Crippen LogP) is 3.50. The van der Waals surface area contributed by atoms with E-state index in [-0.39, 0.29) is 0 Å². The third kappa shape index (κ3) is 6.28. The first-order chi connectivity index (χ1) is 9.15. The smallest absolute Gasteiger partial charge is 0.125 e. The van der Waals surface area contributed by atoms with Crippen LogP contribution in [0.15, 0.2) is 18.2 Å². The van der Waals surface area contributed by atoms with E-state index >= 15 is 0 Å². The number of hydrogen-bond donors (Lipinski definition) is 1. The minimum atomic E-state index is 0.548. The highest BCUT2D eigenvalue weighted by atomic mass is 35.5. The molecule has 1 rings (SSSR count). The average Bonchev–Trinajstić information content (AvgIpc) is 2.37. The van der Waals surface area contributed by atoms with Crippen molar-refractivity contribution in [1.29, 1.82) is 0 Å². The lowest BCUT2D eigenvalue weighted by molar-refractivity contribution is 0.0816. The molecule has 1 N–H and O–H groups in total. The normalized spacial score (nSPS) is 11.0. The van der Waals surface area contributed by atoms with Gasteiger partial charge in [0.1, 0.15) is 12.4 Å². The molecule has 0 atom stereocenters. The highest BCUT2D eigenvalue weighted by Gasteiger charge is 2.07. The number of hydrogen-bond acceptors (Lipinski definition) is 3. The summed E-state index contributed by atoms with van der Waals surface area (Å²) in [6.07, 6.45) is 0.